The molecular weight excluding hydrogens is 348 g/mol. The maximum atomic E-state index is 11.4. The average molecular weight is 373 g/mol. The molecule has 0 aliphatic rings. The van der Waals surface area contributed by atoms with E-state index in [4.69, 9.17) is 18.9 Å². The van der Waals surface area contributed by atoms with Gasteiger partial charge >= 0.3 is 5.78 Å². The van der Waals surface area contributed by atoms with Gasteiger partial charge in [0, 0.05) is 18.1 Å². The van der Waals surface area contributed by atoms with E-state index >= 15 is 0 Å². The summed E-state index contributed by atoms with van der Waals surface area (Å²) in [6.45, 7) is 3.99. The molecule has 2 rings (SSSR count). The van der Waals surface area contributed by atoms with Crippen LogP contribution in [0, 0.1) is 0 Å². The van der Waals surface area contributed by atoms with Crippen LogP contribution in [0.2, 0.25) is 0 Å². The molecule has 0 spiro atoms. The summed E-state index contributed by atoms with van der Waals surface area (Å²) in [5.41, 5.74) is 1.26. The highest BCUT2D eigenvalue weighted by Crippen LogP contribution is 2.29. The van der Waals surface area contributed by atoms with Gasteiger partial charge in [-0.2, -0.15) is 0 Å². The first-order chi connectivity index (χ1) is 13.0. The van der Waals surface area contributed by atoms with Crippen molar-refractivity contribution < 1.29 is 28.5 Å². The molecule has 0 radical (unpaired) electrons. The fourth-order valence-electron chi connectivity index (χ4n) is 2.44. The lowest BCUT2D eigenvalue weighted by atomic mass is 10.1. The Balaban J connectivity index is 1.87. The van der Waals surface area contributed by atoms with Gasteiger partial charge in [-0.15, -0.1) is 0 Å². The van der Waals surface area contributed by atoms with Crippen LogP contribution in [-0.4, -0.2) is 43.8 Å². The minimum Gasteiger partial charge on any atom is -0.493 e. The van der Waals surface area contributed by atoms with Crippen LogP contribution < -0.4 is 18.9 Å². The molecule has 1 N–H and O–H groups in total. The van der Waals surface area contributed by atoms with Gasteiger partial charge in [-0.25, -0.2) is 0 Å². The highest BCUT2D eigenvalue weighted by Gasteiger charge is 2.12. The van der Waals surface area contributed by atoms with E-state index in [2.05, 4.69) is 0 Å². The molecule has 0 saturated heterocycles. The first-order valence-electron chi connectivity index (χ1n) is 8.61. The molecule has 0 aliphatic heterocycles. The van der Waals surface area contributed by atoms with Gasteiger partial charge < -0.3 is 18.9 Å². The topological polar surface area (TPSA) is 75.4 Å². The second kappa shape index (κ2) is 9.62. The predicted molar refractivity (Wildman–Crippen MR) is 103 cm³/mol. The number of hydrogen-bond donors (Lipinski definition) is 0. The second-order valence-corrected chi connectivity index (χ2v) is 5.92. The standard InChI is InChI=1S/C21H24O6/c1-14(22)16-6-8-18(20(12-16)24-3)26-10-5-11-27-19-9-7-17(15(2)23)13-21(19)25-4/h6-9,12-13H,5,10-11H2,1-4H3/p+1. The summed E-state index contributed by atoms with van der Waals surface area (Å²) in [7, 11) is 3.09. The largest absolute Gasteiger partial charge is 0.493 e. The smallest absolute Gasteiger partial charge is 0.320 e. The maximum absolute atomic E-state index is 11.4. The highest BCUT2D eigenvalue weighted by atomic mass is 16.5. The normalized spacial score (nSPS) is 10.2. The molecule has 6 nitrogen and oxygen atoms in total. The summed E-state index contributed by atoms with van der Waals surface area (Å²) in [6.07, 6.45) is 0.647. The molecule has 0 fully saturated rings. The van der Waals surface area contributed by atoms with Gasteiger partial charge in [0.15, 0.2) is 28.8 Å². The van der Waals surface area contributed by atoms with Gasteiger partial charge in [-0.1, -0.05) is 0 Å². The Morgan fingerprint density at radius 3 is 1.74 bits per heavy atom. The first kappa shape index (κ1) is 20.3. The number of benzene rings is 2. The number of hydrogen-bond acceptors (Lipinski definition) is 5. The van der Waals surface area contributed by atoms with Crippen molar-refractivity contribution in [3.63, 3.8) is 0 Å². The number of methoxy groups -OCH3 is 2. The fourth-order valence-corrected chi connectivity index (χ4v) is 2.44. The molecule has 2 aromatic carbocycles. The Morgan fingerprint density at radius 2 is 1.30 bits per heavy atom. The SMILES string of the molecule is COc1cc(C(C)=O)ccc1OCCCOc1ccc(C(C)=[OH+])cc1OC. The minimum atomic E-state index is -0.0257. The monoisotopic (exact) mass is 373 g/mol. The molecule has 27 heavy (non-hydrogen) atoms. The molecule has 0 aromatic heterocycles. The number of ether oxygens (including phenoxy) is 4. The molecule has 0 saturated carbocycles. The van der Waals surface area contributed by atoms with Crippen molar-refractivity contribution in [2.75, 3.05) is 27.4 Å². The number of rotatable bonds is 10. The minimum absolute atomic E-state index is 0.0257. The van der Waals surface area contributed by atoms with E-state index in [0.717, 1.165) is 0 Å². The van der Waals surface area contributed by atoms with Crippen LogP contribution in [0.3, 0.4) is 0 Å². The lowest BCUT2D eigenvalue weighted by Gasteiger charge is -2.13. The maximum Gasteiger partial charge on any atom is 0.320 e. The van der Waals surface area contributed by atoms with Crippen LogP contribution in [0.25, 0.3) is 0 Å². The van der Waals surface area contributed by atoms with Gasteiger partial charge in [0.05, 0.1) is 39.9 Å². The molecule has 0 amide bonds. The van der Waals surface area contributed by atoms with Crippen molar-refractivity contribution in [3.05, 3.63) is 47.5 Å². The van der Waals surface area contributed by atoms with Crippen LogP contribution >= 0.6 is 0 Å². The summed E-state index contributed by atoms with van der Waals surface area (Å²) in [5, 5.41) is 0. The third-order valence-corrected chi connectivity index (χ3v) is 3.96. The fraction of sp³-hybridized carbons (Fsp3) is 0.333. The molecule has 2 aromatic rings. The number of ketones is 2. The Bertz CT molecular complexity index is 745. The van der Waals surface area contributed by atoms with Crippen LogP contribution in [0.5, 0.6) is 23.0 Å². The zero-order valence-corrected chi connectivity index (χ0v) is 16.1. The van der Waals surface area contributed by atoms with Crippen molar-refractivity contribution >= 4 is 11.6 Å². The second-order valence-electron chi connectivity index (χ2n) is 5.92. The van der Waals surface area contributed by atoms with Gasteiger partial charge in [-0.3, -0.25) is 9.59 Å². The van der Waals surface area contributed by atoms with E-state index < -0.39 is 0 Å². The van der Waals surface area contributed by atoms with Gasteiger partial charge in [0.25, 0.3) is 0 Å². The van der Waals surface area contributed by atoms with Crippen LogP contribution in [-0.2, 0) is 0 Å². The third kappa shape index (κ3) is 5.48. The number of carbonyl (C=O) groups excluding carboxylic acids is 2. The Hall–Kier alpha value is -3.02. The summed E-state index contributed by atoms with van der Waals surface area (Å²) >= 11 is 0. The summed E-state index contributed by atoms with van der Waals surface area (Å²) in [6, 6.07) is 10.4. The molecule has 0 bridgehead atoms. The van der Waals surface area contributed by atoms with E-state index in [9.17, 15) is 9.59 Å². The van der Waals surface area contributed by atoms with E-state index in [1.54, 1.807) is 50.4 Å². The van der Waals surface area contributed by atoms with Gasteiger partial charge in [0.1, 0.15) is 0 Å². The highest BCUT2D eigenvalue weighted by molar-refractivity contribution is 5.95. The third-order valence-electron chi connectivity index (χ3n) is 3.96. The molecular formula is C21H25O6+. The lowest BCUT2D eigenvalue weighted by molar-refractivity contribution is 0.101. The summed E-state index contributed by atoms with van der Waals surface area (Å²) < 4.78 is 22.0. The lowest BCUT2D eigenvalue weighted by Crippen LogP contribution is -2.07. The zero-order valence-electron chi connectivity index (χ0n) is 16.1. The Kier molecular flexibility index (Phi) is 7.23. The van der Waals surface area contributed by atoms with Crippen LogP contribution in [0.1, 0.15) is 36.2 Å². The van der Waals surface area contributed by atoms with Gasteiger partial charge in [-0.05, 0) is 37.3 Å². The van der Waals surface area contributed by atoms with Crippen molar-refractivity contribution in [2.45, 2.75) is 20.3 Å². The van der Waals surface area contributed by atoms with Crippen molar-refractivity contribution in [3.8, 4) is 23.0 Å². The molecule has 0 unspecified atom stereocenters. The van der Waals surface area contributed by atoms with E-state index in [1.165, 1.54) is 14.0 Å². The summed E-state index contributed by atoms with van der Waals surface area (Å²) in [4.78, 5) is 21.0. The molecule has 0 aliphatic carbocycles. The molecule has 0 atom stereocenters. The Morgan fingerprint density at radius 1 is 0.815 bits per heavy atom. The molecule has 6 heteroatoms. The average Bonchev–Trinajstić information content (AvgIpc) is 2.67. The van der Waals surface area contributed by atoms with Crippen molar-refractivity contribution in [1.82, 2.24) is 0 Å². The van der Waals surface area contributed by atoms with Gasteiger partial charge in [0.2, 0.25) is 0 Å². The van der Waals surface area contributed by atoms with Crippen molar-refractivity contribution in [2.24, 2.45) is 0 Å². The first-order valence-corrected chi connectivity index (χ1v) is 8.61. The molecule has 144 valence electrons. The molecule has 0 heterocycles. The zero-order chi connectivity index (χ0) is 19.8. The predicted octanol–water partition coefficient (Wildman–Crippen LogP) is 3.67. The quantitative estimate of drug-likeness (QED) is 0.361. The van der Waals surface area contributed by atoms with Crippen LogP contribution in [0.15, 0.2) is 36.4 Å². The van der Waals surface area contributed by atoms with E-state index in [0.29, 0.717) is 53.8 Å². The number of carbonyl (C=O) groups is 1. The summed E-state index contributed by atoms with van der Waals surface area (Å²) in [5.74, 6) is 2.46. The van der Waals surface area contributed by atoms with Crippen molar-refractivity contribution in [1.29, 1.82) is 0 Å². The van der Waals surface area contributed by atoms with Crippen LogP contribution in [0.4, 0.5) is 0 Å². The van der Waals surface area contributed by atoms with E-state index in [1.807, 2.05) is 0 Å². The number of Topliss-reactive ketones (excluding diaryl/α,β-unsaturated/α-hetero) is 1. The van der Waals surface area contributed by atoms with E-state index in [-0.39, 0.29) is 11.6 Å². The Labute approximate surface area is 159 Å².